The molecular formula is C12H16ClN3O. The number of benzene rings is 1. The fraction of sp³-hybridized carbons (Fsp3) is 0.417. The maximum Gasteiger partial charge on any atom is 0.250 e. The van der Waals surface area contributed by atoms with Gasteiger partial charge in [0.15, 0.2) is 0 Å². The molecule has 92 valence electrons. The van der Waals surface area contributed by atoms with Gasteiger partial charge >= 0.3 is 0 Å². The van der Waals surface area contributed by atoms with Crippen molar-refractivity contribution < 1.29 is 4.79 Å². The smallest absolute Gasteiger partial charge is 0.250 e. The van der Waals surface area contributed by atoms with Crippen molar-refractivity contribution in [1.29, 1.82) is 0 Å². The Hall–Kier alpha value is -1.26. The second kappa shape index (κ2) is 5.38. The number of nitrogens with two attached hydrogens (primary N) is 1. The zero-order chi connectivity index (χ0) is 12.3. The molecule has 4 nitrogen and oxygen atoms in total. The minimum atomic E-state index is -0.496. The van der Waals surface area contributed by atoms with Gasteiger partial charge in [-0.05, 0) is 44.1 Å². The summed E-state index contributed by atoms with van der Waals surface area (Å²) in [5, 5.41) is 7.10. The summed E-state index contributed by atoms with van der Waals surface area (Å²) in [7, 11) is 0. The van der Waals surface area contributed by atoms with Gasteiger partial charge in [0.05, 0.1) is 10.6 Å². The lowest BCUT2D eigenvalue weighted by molar-refractivity contribution is 0.100. The first-order valence-corrected chi connectivity index (χ1v) is 6.11. The lowest BCUT2D eigenvalue weighted by atomic mass is 10.1. The van der Waals surface area contributed by atoms with Crippen LogP contribution in [-0.2, 0) is 0 Å². The van der Waals surface area contributed by atoms with Crippen LogP contribution >= 0.6 is 11.6 Å². The molecule has 4 N–H and O–H groups in total. The van der Waals surface area contributed by atoms with Crippen LogP contribution in [0.4, 0.5) is 5.69 Å². The lowest BCUT2D eigenvalue weighted by Gasteiger charge is -2.24. The Morgan fingerprint density at radius 3 is 2.76 bits per heavy atom. The first kappa shape index (κ1) is 12.2. The van der Waals surface area contributed by atoms with E-state index >= 15 is 0 Å². The summed E-state index contributed by atoms with van der Waals surface area (Å²) in [6.07, 6.45) is 2.16. The number of halogens is 1. The predicted octanol–water partition coefficient (Wildman–Crippen LogP) is 1.60. The first-order valence-electron chi connectivity index (χ1n) is 5.73. The second-order valence-electron chi connectivity index (χ2n) is 4.23. The number of nitrogens with one attached hydrogen (secondary N) is 2. The van der Waals surface area contributed by atoms with E-state index in [-0.39, 0.29) is 0 Å². The van der Waals surface area contributed by atoms with Crippen molar-refractivity contribution in [2.24, 2.45) is 5.73 Å². The van der Waals surface area contributed by atoms with E-state index < -0.39 is 5.91 Å². The average Bonchev–Trinajstić information content (AvgIpc) is 2.32. The molecule has 1 fully saturated rings. The molecule has 0 aliphatic carbocycles. The van der Waals surface area contributed by atoms with Gasteiger partial charge in [0, 0.05) is 11.7 Å². The Bertz CT molecular complexity index is 416. The summed E-state index contributed by atoms with van der Waals surface area (Å²) >= 11 is 5.90. The zero-order valence-electron chi connectivity index (χ0n) is 9.50. The molecule has 1 heterocycles. The quantitative estimate of drug-likeness (QED) is 0.767. The van der Waals surface area contributed by atoms with E-state index in [2.05, 4.69) is 10.6 Å². The van der Waals surface area contributed by atoms with Gasteiger partial charge in [-0.15, -0.1) is 0 Å². The molecule has 2 rings (SSSR count). The molecule has 0 atom stereocenters. The third-order valence-corrected chi connectivity index (χ3v) is 3.27. The van der Waals surface area contributed by atoms with E-state index in [0.29, 0.717) is 16.6 Å². The normalized spacial score (nSPS) is 16.8. The molecule has 0 unspecified atom stereocenters. The highest BCUT2D eigenvalue weighted by Crippen LogP contribution is 2.21. The fourth-order valence-corrected chi connectivity index (χ4v) is 2.22. The Kier molecular flexibility index (Phi) is 3.86. The van der Waals surface area contributed by atoms with Crippen molar-refractivity contribution in [3.63, 3.8) is 0 Å². The highest BCUT2D eigenvalue weighted by Gasteiger charge is 2.14. The molecule has 1 aromatic carbocycles. The van der Waals surface area contributed by atoms with Crippen LogP contribution in [0.1, 0.15) is 23.2 Å². The Morgan fingerprint density at radius 2 is 2.12 bits per heavy atom. The largest absolute Gasteiger partial charge is 0.382 e. The predicted molar refractivity (Wildman–Crippen MR) is 69.5 cm³/mol. The number of hydrogen-bond donors (Lipinski definition) is 3. The molecule has 0 bridgehead atoms. The zero-order valence-corrected chi connectivity index (χ0v) is 10.3. The molecule has 17 heavy (non-hydrogen) atoms. The van der Waals surface area contributed by atoms with Gasteiger partial charge < -0.3 is 16.4 Å². The van der Waals surface area contributed by atoms with E-state index in [1.165, 1.54) is 0 Å². The van der Waals surface area contributed by atoms with Crippen molar-refractivity contribution in [3.05, 3.63) is 28.8 Å². The van der Waals surface area contributed by atoms with Crippen LogP contribution in [0.5, 0.6) is 0 Å². The van der Waals surface area contributed by atoms with Gasteiger partial charge in [-0.25, -0.2) is 0 Å². The van der Waals surface area contributed by atoms with E-state index in [9.17, 15) is 4.79 Å². The van der Waals surface area contributed by atoms with Crippen molar-refractivity contribution in [2.45, 2.75) is 18.9 Å². The second-order valence-corrected chi connectivity index (χ2v) is 4.63. The summed E-state index contributed by atoms with van der Waals surface area (Å²) in [5.41, 5.74) is 6.52. The Balaban J connectivity index is 2.10. The van der Waals surface area contributed by atoms with Crippen molar-refractivity contribution >= 4 is 23.2 Å². The van der Waals surface area contributed by atoms with Crippen LogP contribution in [0.25, 0.3) is 0 Å². The standard InChI is InChI=1S/C12H16ClN3O/c13-11-2-1-9(7-10(11)12(14)17)16-8-3-5-15-6-4-8/h1-2,7-8,15-16H,3-6H2,(H2,14,17). The van der Waals surface area contributed by atoms with Crippen LogP contribution in [-0.4, -0.2) is 25.0 Å². The number of primary amides is 1. The van der Waals surface area contributed by atoms with Gasteiger partial charge in [-0.3, -0.25) is 4.79 Å². The molecule has 1 aliphatic rings. The number of hydrogen-bond acceptors (Lipinski definition) is 3. The highest BCUT2D eigenvalue weighted by molar-refractivity contribution is 6.33. The number of carbonyl (C=O) groups is 1. The minimum Gasteiger partial charge on any atom is -0.382 e. The first-order chi connectivity index (χ1) is 8.16. The molecule has 0 radical (unpaired) electrons. The summed E-state index contributed by atoms with van der Waals surface area (Å²) < 4.78 is 0. The van der Waals surface area contributed by atoms with Gasteiger partial charge in [0.2, 0.25) is 5.91 Å². The molecule has 0 aromatic heterocycles. The molecular weight excluding hydrogens is 238 g/mol. The number of piperidine rings is 1. The van der Waals surface area contributed by atoms with Gasteiger partial charge in [0.25, 0.3) is 0 Å². The number of anilines is 1. The van der Waals surface area contributed by atoms with Crippen LogP contribution in [0.15, 0.2) is 18.2 Å². The van der Waals surface area contributed by atoms with Gasteiger partial charge in [0.1, 0.15) is 0 Å². The molecule has 1 aliphatic heterocycles. The van der Waals surface area contributed by atoms with E-state index in [1.807, 2.05) is 6.07 Å². The van der Waals surface area contributed by atoms with E-state index in [1.54, 1.807) is 12.1 Å². The minimum absolute atomic E-state index is 0.366. The van der Waals surface area contributed by atoms with E-state index in [4.69, 9.17) is 17.3 Å². The third-order valence-electron chi connectivity index (χ3n) is 2.94. The maximum absolute atomic E-state index is 11.2. The fourth-order valence-electron chi connectivity index (χ4n) is 2.01. The summed E-state index contributed by atoms with van der Waals surface area (Å²) in [5.74, 6) is -0.496. The lowest BCUT2D eigenvalue weighted by Crippen LogP contribution is -2.35. The maximum atomic E-state index is 11.2. The summed E-state index contributed by atoms with van der Waals surface area (Å²) in [6, 6.07) is 5.73. The molecule has 1 amide bonds. The summed E-state index contributed by atoms with van der Waals surface area (Å²) in [6.45, 7) is 2.04. The Morgan fingerprint density at radius 1 is 1.41 bits per heavy atom. The SMILES string of the molecule is NC(=O)c1cc(NC2CCNCC2)ccc1Cl. The number of amides is 1. The molecule has 1 saturated heterocycles. The monoisotopic (exact) mass is 253 g/mol. The Labute approximate surface area is 106 Å². The number of carbonyl (C=O) groups excluding carboxylic acids is 1. The van der Waals surface area contributed by atoms with Crippen molar-refractivity contribution in [1.82, 2.24) is 5.32 Å². The molecule has 0 saturated carbocycles. The van der Waals surface area contributed by atoms with Gasteiger partial charge in [-0.2, -0.15) is 0 Å². The van der Waals surface area contributed by atoms with Crippen molar-refractivity contribution in [2.75, 3.05) is 18.4 Å². The van der Waals surface area contributed by atoms with Gasteiger partial charge in [-0.1, -0.05) is 11.6 Å². The third kappa shape index (κ3) is 3.11. The number of rotatable bonds is 3. The highest BCUT2D eigenvalue weighted by atomic mass is 35.5. The molecule has 5 heteroatoms. The molecule has 0 spiro atoms. The summed E-state index contributed by atoms with van der Waals surface area (Å²) in [4.78, 5) is 11.2. The van der Waals surface area contributed by atoms with Crippen LogP contribution in [0, 0.1) is 0 Å². The van der Waals surface area contributed by atoms with Crippen LogP contribution in [0.2, 0.25) is 5.02 Å². The topological polar surface area (TPSA) is 67.2 Å². The average molecular weight is 254 g/mol. The van der Waals surface area contributed by atoms with E-state index in [0.717, 1.165) is 31.6 Å². The molecule has 1 aromatic rings. The van der Waals surface area contributed by atoms with Crippen LogP contribution in [0.3, 0.4) is 0 Å². The van der Waals surface area contributed by atoms with Crippen LogP contribution < -0.4 is 16.4 Å². The van der Waals surface area contributed by atoms with Crippen molar-refractivity contribution in [3.8, 4) is 0 Å².